The molecule has 2 N–H and O–H groups in total. The summed E-state index contributed by atoms with van der Waals surface area (Å²) in [6.07, 6.45) is 0. The Labute approximate surface area is 121 Å². The number of rotatable bonds is 2. The van der Waals surface area contributed by atoms with Crippen molar-refractivity contribution in [3.8, 4) is 0 Å². The van der Waals surface area contributed by atoms with E-state index in [-0.39, 0.29) is 18.0 Å². The van der Waals surface area contributed by atoms with E-state index < -0.39 is 5.97 Å². The topological polar surface area (TPSA) is 69.6 Å². The lowest BCUT2D eigenvalue weighted by atomic mass is 10.1. The summed E-state index contributed by atoms with van der Waals surface area (Å²) in [6.45, 7) is 2.16. The van der Waals surface area contributed by atoms with Gasteiger partial charge in [-0.15, -0.1) is 0 Å². The standard InChI is InChI=1S/C16H14N2O3/c1-10-5-7-11(8-6-10)18-9-14(19)17-15-12(16(20)21)3-2-4-13(15)18/h2-8H,9H2,1H3,(H,17,19)(H,20,21). The Kier molecular flexibility index (Phi) is 3.10. The number of benzene rings is 2. The fraction of sp³-hybridized carbons (Fsp3) is 0.125. The average Bonchev–Trinajstić information content (AvgIpc) is 2.46. The summed E-state index contributed by atoms with van der Waals surface area (Å²) in [7, 11) is 0. The molecule has 3 rings (SSSR count). The zero-order valence-electron chi connectivity index (χ0n) is 11.5. The molecule has 0 fully saturated rings. The third-order valence-corrected chi connectivity index (χ3v) is 3.48. The Hall–Kier alpha value is -2.82. The Bertz CT molecular complexity index is 723. The molecule has 5 nitrogen and oxygen atoms in total. The highest BCUT2D eigenvalue weighted by molar-refractivity contribution is 6.09. The number of amides is 1. The van der Waals surface area contributed by atoms with E-state index in [0.29, 0.717) is 11.4 Å². The summed E-state index contributed by atoms with van der Waals surface area (Å²) in [5, 5.41) is 11.9. The van der Waals surface area contributed by atoms with Gasteiger partial charge in [-0.1, -0.05) is 23.8 Å². The molecule has 1 aliphatic heterocycles. The Morgan fingerprint density at radius 1 is 1.19 bits per heavy atom. The molecule has 0 aromatic heterocycles. The van der Waals surface area contributed by atoms with Gasteiger partial charge in [-0.25, -0.2) is 4.79 Å². The molecule has 0 radical (unpaired) electrons. The Morgan fingerprint density at radius 3 is 2.57 bits per heavy atom. The van der Waals surface area contributed by atoms with Crippen LogP contribution in [0.15, 0.2) is 42.5 Å². The maximum atomic E-state index is 11.9. The molecule has 0 saturated carbocycles. The van der Waals surface area contributed by atoms with Crippen LogP contribution in [0.25, 0.3) is 0 Å². The summed E-state index contributed by atoms with van der Waals surface area (Å²) in [5.41, 5.74) is 3.12. The number of hydrogen-bond acceptors (Lipinski definition) is 3. The van der Waals surface area contributed by atoms with Gasteiger partial charge in [-0.2, -0.15) is 0 Å². The monoisotopic (exact) mass is 282 g/mol. The summed E-state index contributed by atoms with van der Waals surface area (Å²) in [5.74, 6) is -1.28. The second-order valence-electron chi connectivity index (χ2n) is 4.97. The normalized spacial score (nSPS) is 13.6. The third-order valence-electron chi connectivity index (χ3n) is 3.48. The van der Waals surface area contributed by atoms with Crippen LogP contribution in [0.3, 0.4) is 0 Å². The number of carbonyl (C=O) groups is 2. The highest BCUT2D eigenvalue weighted by Gasteiger charge is 2.26. The van der Waals surface area contributed by atoms with Crippen LogP contribution in [0, 0.1) is 6.92 Å². The number of anilines is 3. The van der Waals surface area contributed by atoms with Crippen molar-refractivity contribution in [2.24, 2.45) is 0 Å². The molecule has 0 spiro atoms. The minimum Gasteiger partial charge on any atom is -0.478 e. The highest BCUT2D eigenvalue weighted by Crippen LogP contribution is 2.37. The second-order valence-corrected chi connectivity index (χ2v) is 4.97. The molecule has 0 atom stereocenters. The van der Waals surface area contributed by atoms with Gasteiger partial charge in [0.1, 0.15) is 6.54 Å². The van der Waals surface area contributed by atoms with Gasteiger partial charge in [-0.3, -0.25) is 4.79 Å². The fourth-order valence-corrected chi connectivity index (χ4v) is 2.44. The lowest BCUT2D eigenvalue weighted by Gasteiger charge is -2.31. The largest absolute Gasteiger partial charge is 0.478 e. The summed E-state index contributed by atoms with van der Waals surface area (Å²) in [6, 6.07) is 12.7. The van der Waals surface area contributed by atoms with Crippen LogP contribution >= 0.6 is 0 Å². The molecule has 0 aliphatic carbocycles. The van der Waals surface area contributed by atoms with Crippen molar-refractivity contribution in [1.82, 2.24) is 0 Å². The molecule has 0 bridgehead atoms. The van der Waals surface area contributed by atoms with E-state index in [2.05, 4.69) is 5.32 Å². The van der Waals surface area contributed by atoms with Gasteiger partial charge < -0.3 is 15.3 Å². The molecule has 2 aromatic rings. The predicted octanol–water partition coefficient (Wildman–Crippen LogP) is 2.78. The average molecular weight is 282 g/mol. The van der Waals surface area contributed by atoms with Crippen LogP contribution in [-0.2, 0) is 4.79 Å². The number of aromatic carboxylic acids is 1. The first kappa shape index (κ1) is 13.2. The number of carbonyl (C=O) groups excluding carboxylic acids is 1. The van der Waals surface area contributed by atoms with Crippen LogP contribution < -0.4 is 10.2 Å². The van der Waals surface area contributed by atoms with E-state index >= 15 is 0 Å². The van der Waals surface area contributed by atoms with Gasteiger partial charge in [0, 0.05) is 5.69 Å². The van der Waals surface area contributed by atoms with E-state index in [1.165, 1.54) is 6.07 Å². The van der Waals surface area contributed by atoms with E-state index in [1.54, 1.807) is 12.1 Å². The van der Waals surface area contributed by atoms with Gasteiger partial charge >= 0.3 is 5.97 Å². The number of nitrogens with zero attached hydrogens (tertiary/aromatic N) is 1. The highest BCUT2D eigenvalue weighted by atomic mass is 16.4. The minimum atomic E-state index is -1.06. The zero-order chi connectivity index (χ0) is 15.0. The predicted molar refractivity (Wildman–Crippen MR) is 80.2 cm³/mol. The third kappa shape index (κ3) is 2.33. The Balaban J connectivity index is 2.14. The summed E-state index contributed by atoms with van der Waals surface area (Å²) < 4.78 is 0. The van der Waals surface area contributed by atoms with Crippen LogP contribution in [0.5, 0.6) is 0 Å². The smallest absolute Gasteiger partial charge is 0.337 e. The lowest BCUT2D eigenvalue weighted by Crippen LogP contribution is -2.35. The zero-order valence-corrected chi connectivity index (χ0v) is 11.5. The molecule has 1 heterocycles. The quantitative estimate of drug-likeness (QED) is 0.888. The molecule has 21 heavy (non-hydrogen) atoms. The number of hydrogen-bond donors (Lipinski definition) is 2. The van der Waals surface area contributed by atoms with Gasteiger partial charge in [-0.05, 0) is 31.2 Å². The van der Waals surface area contributed by atoms with Crippen molar-refractivity contribution in [2.45, 2.75) is 6.92 Å². The fourth-order valence-electron chi connectivity index (χ4n) is 2.44. The first-order valence-corrected chi connectivity index (χ1v) is 6.56. The van der Waals surface area contributed by atoms with E-state index in [1.807, 2.05) is 36.1 Å². The van der Waals surface area contributed by atoms with Crippen molar-refractivity contribution < 1.29 is 14.7 Å². The number of carboxylic acids is 1. The lowest BCUT2D eigenvalue weighted by molar-refractivity contribution is -0.115. The van der Waals surface area contributed by atoms with Crippen molar-refractivity contribution >= 4 is 28.9 Å². The van der Waals surface area contributed by atoms with Gasteiger partial charge in [0.25, 0.3) is 0 Å². The van der Waals surface area contributed by atoms with Crippen LogP contribution in [0.1, 0.15) is 15.9 Å². The number of carboxylic acid groups (broad SMARTS) is 1. The van der Waals surface area contributed by atoms with Gasteiger partial charge in [0.2, 0.25) is 5.91 Å². The molecule has 0 saturated heterocycles. The Morgan fingerprint density at radius 2 is 1.90 bits per heavy atom. The maximum Gasteiger partial charge on any atom is 0.337 e. The number of nitrogens with one attached hydrogen (secondary N) is 1. The van der Waals surface area contributed by atoms with Gasteiger partial charge in [0.15, 0.2) is 0 Å². The van der Waals surface area contributed by atoms with Crippen LogP contribution in [0.2, 0.25) is 0 Å². The molecule has 2 aromatic carbocycles. The number of fused-ring (bicyclic) bond motifs is 1. The molecule has 1 amide bonds. The van der Waals surface area contributed by atoms with E-state index in [4.69, 9.17) is 0 Å². The molecule has 0 unspecified atom stereocenters. The van der Waals surface area contributed by atoms with E-state index in [0.717, 1.165) is 11.3 Å². The summed E-state index contributed by atoms with van der Waals surface area (Å²) >= 11 is 0. The van der Waals surface area contributed by atoms with Crippen LogP contribution in [-0.4, -0.2) is 23.5 Å². The molecule has 106 valence electrons. The van der Waals surface area contributed by atoms with Crippen molar-refractivity contribution in [2.75, 3.05) is 16.8 Å². The molecular formula is C16H14N2O3. The van der Waals surface area contributed by atoms with Crippen molar-refractivity contribution in [3.63, 3.8) is 0 Å². The van der Waals surface area contributed by atoms with E-state index in [9.17, 15) is 14.7 Å². The first-order chi connectivity index (χ1) is 10.1. The second kappa shape index (κ2) is 4.94. The number of aryl methyl sites for hydroxylation is 1. The summed E-state index contributed by atoms with van der Waals surface area (Å²) in [4.78, 5) is 25.0. The van der Waals surface area contributed by atoms with Gasteiger partial charge in [0.05, 0.1) is 16.9 Å². The van der Waals surface area contributed by atoms with Crippen LogP contribution in [0.4, 0.5) is 17.1 Å². The van der Waals surface area contributed by atoms with Crippen molar-refractivity contribution in [1.29, 1.82) is 0 Å². The molecule has 5 heteroatoms. The minimum absolute atomic E-state index is 0.0951. The molecule has 1 aliphatic rings. The maximum absolute atomic E-state index is 11.9. The first-order valence-electron chi connectivity index (χ1n) is 6.56. The number of para-hydroxylation sites is 1. The van der Waals surface area contributed by atoms with Crippen molar-refractivity contribution in [3.05, 3.63) is 53.6 Å². The SMILES string of the molecule is Cc1ccc(N2CC(=O)Nc3c(C(=O)O)cccc32)cc1. The molecular weight excluding hydrogens is 268 g/mol.